The average molecular weight is 520 g/mol. The third-order valence-corrected chi connectivity index (χ3v) is 6.25. The lowest BCUT2D eigenvalue weighted by Gasteiger charge is -2.28. The maximum absolute atomic E-state index is 13.1. The molecule has 0 radical (unpaired) electrons. The quantitative estimate of drug-likeness (QED) is 0.110. The molecular formula is C22H41N5O7S. The van der Waals surface area contributed by atoms with Crippen LogP contribution >= 0.6 is 11.8 Å². The lowest BCUT2D eigenvalue weighted by atomic mass is 9.97. The first-order chi connectivity index (χ1) is 16.5. The van der Waals surface area contributed by atoms with Crippen molar-refractivity contribution >= 4 is 41.4 Å². The summed E-state index contributed by atoms with van der Waals surface area (Å²) >= 11 is 1.54. The van der Waals surface area contributed by atoms with Crippen LogP contribution in [0.1, 0.15) is 58.8 Å². The fraction of sp³-hybridized carbons (Fsp3) is 0.773. The molecule has 0 fully saturated rings. The summed E-state index contributed by atoms with van der Waals surface area (Å²) in [7, 11) is 0. The molecule has 0 heterocycles. The molecule has 9 N–H and O–H groups in total. The number of hydrogen-bond acceptors (Lipinski definition) is 8. The second-order valence-electron chi connectivity index (χ2n) is 8.44. The molecule has 12 nitrogen and oxygen atoms in total. The highest BCUT2D eigenvalue weighted by atomic mass is 32.2. The molecule has 0 aromatic rings. The Hall–Kier alpha value is -2.38. The number of nitrogens with two attached hydrogens (primary N) is 2. The van der Waals surface area contributed by atoms with Crippen molar-refractivity contribution in [3.8, 4) is 0 Å². The number of amides is 3. The summed E-state index contributed by atoms with van der Waals surface area (Å²) in [6.07, 6.45) is 3.35. The SMILES string of the molecule is CCC(C)C(NC(=O)C(N)CCSC)C(=O)NC(CCC(=O)O)C(=O)NC(CCCCN)C(=O)O. The number of carbonyl (C=O) groups excluding carboxylic acids is 3. The molecule has 0 aliphatic carbocycles. The molecule has 0 aliphatic heterocycles. The molecule has 35 heavy (non-hydrogen) atoms. The number of carboxylic acids is 2. The molecule has 0 saturated carbocycles. The molecule has 0 rings (SSSR count). The van der Waals surface area contributed by atoms with E-state index in [0.717, 1.165) is 0 Å². The van der Waals surface area contributed by atoms with Gasteiger partial charge in [0.1, 0.15) is 18.1 Å². The van der Waals surface area contributed by atoms with Crippen molar-refractivity contribution in [2.75, 3.05) is 18.6 Å². The number of unbranched alkanes of at least 4 members (excludes halogenated alkanes) is 1. The van der Waals surface area contributed by atoms with E-state index in [1.54, 1.807) is 6.92 Å². The highest BCUT2D eigenvalue weighted by molar-refractivity contribution is 7.98. The zero-order valence-corrected chi connectivity index (χ0v) is 21.6. The molecule has 202 valence electrons. The van der Waals surface area contributed by atoms with Crippen molar-refractivity contribution in [1.82, 2.24) is 16.0 Å². The Morgan fingerprint density at radius 1 is 0.886 bits per heavy atom. The number of carboxylic acid groups (broad SMARTS) is 2. The summed E-state index contributed by atoms with van der Waals surface area (Å²) in [5.41, 5.74) is 11.3. The predicted octanol–water partition coefficient (Wildman–Crippen LogP) is -0.354. The molecule has 0 spiro atoms. The Bertz CT molecular complexity index is 710. The predicted molar refractivity (Wildman–Crippen MR) is 134 cm³/mol. The molecule has 0 aliphatic rings. The Labute approximate surface area is 210 Å². The van der Waals surface area contributed by atoms with Crippen LogP contribution in [0.25, 0.3) is 0 Å². The molecule has 13 heteroatoms. The summed E-state index contributed by atoms with van der Waals surface area (Å²) in [4.78, 5) is 61.1. The molecule has 5 unspecified atom stereocenters. The van der Waals surface area contributed by atoms with Crippen LogP contribution in [0.15, 0.2) is 0 Å². The van der Waals surface area contributed by atoms with Gasteiger partial charge in [0.15, 0.2) is 0 Å². The van der Waals surface area contributed by atoms with E-state index in [-0.39, 0.29) is 18.8 Å². The number of hydrogen-bond donors (Lipinski definition) is 7. The van der Waals surface area contributed by atoms with E-state index in [1.165, 1.54) is 11.8 Å². The van der Waals surface area contributed by atoms with Gasteiger partial charge in [-0.05, 0) is 56.6 Å². The normalized spacial score (nSPS) is 15.2. The largest absolute Gasteiger partial charge is 0.481 e. The van der Waals surface area contributed by atoms with Gasteiger partial charge in [0, 0.05) is 6.42 Å². The Kier molecular flexibility index (Phi) is 16.7. The van der Waals surface area contributed by atoms with Gasteiger partial charge in [0.25, 0.3) is 0 Å². The third kappa shape index (κ3) is 13.3. The molecule has 0 saturated heterocycles. The Morgan fingerprint density at radius 3 is 2.03 bits per heavy atom. The van der Waals surface area contributed by atoms with Crippen molar-refractivity contribution in [3.05, 3.63) is 0 Å². The molecular weight excluding hydrogens is 478 g/mol. The van der Waals surface area contributed by atoms with Crippen LogP contribution < -0.4 is 27.4 Å². The maximum atomic E-state index is 13.1. The number of nitrogens with one attached hydrogen (secondary N) is 3. The van der Waals surface area contributed by atoms with Crippen LogP contribution in [0.3, 0.4) is 0 Å². The van der Waals surface area contributed by atoms with Gasteiger partial charge in [0.05, 0.1) is 6.04 Å². The summed E-state index contributed by atoms with van der Waals surface area (Å²) < 4.78 is 0. The zero-order valence-electron chi connectivity index (χ0n) is 20.7. The van der Waals surface area contributed by atoms with E-state index in [0.29, 0.717) is 38.0 Å². The molecule has 3 amide bonds. The molecule has 0 aromatic carbocycles. The first-order valence-electron chi connectivity index (χ1n) is 11.8. The van der Waals surface area contributed by atoms with Gasteiger partial charge in [-0.1, -0.05) is 20.3 Å². The standard InChI is InChI=1S/C22H41N5O7S/c1-4-13(2)18(27-19(30)14(24)10-12-35-3)21(32)25-15(8-9-17(28)29)20(31)26-16(22(33)34)7-5-6-11-23/h13-16,18H,4-12,23-24H2,1-3H3,(H,25,32)(H,26,31)(H,27,30)(H,28,29)(H,33,34). The van der Waals surface area contributed by atoms with Crippen LogP contribution in [0.4, 0.5) is 0 Å². The van der Waals surface area contributed by atoms with Crippen LogP contribution in [0.5, 0.6) is 0 Å². The van der Waals surface area contributed by atoms with E-state index in [9.17, 15) is 29.1 Å². The molecule has 0 aromatic heterocycles. The van der Waals surface area contributed by atoms with E-state index < -0.39 is 60.2 Å². The highest BCUT2D eigenvalue weighted by Gasteiger charge is 2.32. The number of rotatable bonds is 19. The van der Waals surface area contributed by atoms with Gasteiger partial charge in [-0.25, -0.2) is 4.79 Å². The second-order valence-corrected chi connectivity index (χ2v) is 9.42. The van der Waals surface area contributed by atoms with Crippen molar-refractivity contribution in [1.29, 1.82) is 0 Å². The van der Waals surface area contributed by atoms with Crippen LogP contribution in [0.2, 0.25) is 0 Å². The van der Waals surface area contributed by atoms with Crippen molar-refractivity contribution in [3.63, 3.8) is 0 Å². The lowest BCUT2D eigenvalue weighted by Crippen LogP contribution is -2.58. The summed E-state index contributed by atoms with van der Waals surface area (Å²) in [5, 5.41) is 26.0. The molecule has 0 bridgehead atoms. The maximum Gasteiger partial charge on any atom is 0.326 e. The minimum atomic E-state index is -1.30. The van der Waals surface area contributed by atoms with E-state index in [1.807, 2.05) is 13.2 Å². The van der Waals surface area contributed by atoms with Crippen LogP contribution in [0, 0.1) is 5.92 Å². The van der Waals surface area contributed by atoms with Gasteiger partial charge in [-0.3, -0.25) is 19.2 Å². The highest BCUT2D eigenvalue weighted by Crippen LogP contribution is 2.11. The third-order valence-electron chi connectivity index (χ3n) is 5.60. The minimum Gasteiger partial charge on any atom is -0.481 e. The topological polar surface area (TPSA) is 214 Å². The van der Waals surface area contributed by atoms with Gasteiger partial charge in [-0.2, -0.15) is 11.8 Å². The van der Waals surface area contributed by atoms with E-state index >= 15 is 0 Å². The average Bonchev–Trinajstić information content (AvgIpc) is 2.81. The second kappa shape index (κ2) is 18.0. The van der Waals surface area contributed by atoms with Crippen LogP contribution in [-0.4, -0.2) is 82.6 Å². The van der Waals surface area contributed by atoms with Crippen molar-refractivity contribution < 1.29 is 34.2 Å². The Balaban J connectivity index is 5.53. The van der Waals surface area contributed by atoms with Crippen LogP contribution in [-0.2, 0) is 24.0 Å². The monoisotopic (exact) mass is 519 g/mol. The Morgan fingerprint density at radius 2 is 1.51 bits per heavy atom. The van der Waals surface area contributed by atoms with E-state index in [2.05, 4.69) is 16.0 Å². The van der Waals surface area contributed by atoms with E-state index in [4.69, 9.17) is 16.6 Å². The van der Waals surface area contributed by atoms with Gasteiger partial charge in [-0.15, -0.1) is 0 Å². The fourth-order valence-corrected chi connectivity index (χ4v) is 3.65. The van der Waals surface area contributed by atoms with Gasteiger partial charge < -0.3 is 37.6 Å². The summed E-state index contributed by atoms with van der Waals surface area (Å²) in [5.74, 6) is -4.06. The van der Waals surface area contributed by atoms with Gasteiger partial charge >= 0.3 is 11.9 Å². The van der Waals surface area contributed by atoms with Crippen molar-refractivity contribution in [2.24, 2.45) is 17.4 Å². The number of carbonyl (C=O) groups is 5. The lowest BCUT2D eigenvalue weighted by molar-refractivity contribution is -0.143. The van der Waals surface area contributed by atoms with Gasteiger partial charge in [0.2, 0.25) is 17.7 Å². The first kappa shape index (κ1) is 32.6. The fourth-order valence-electron chi connectivity index (χ4n) is 3.16. The summed E-state index contributed by atoms with van der Waals surface area (Å²) in [6, 6.07) is -4.33. The smallest absolute Gasteiger partial charge is 0.326 e. The number of thioether (sulfide) groups is 1. The minimum absolute atomic E-state index is 0.136. The number of aliphatic carboxylic acids is 2. The zero-order chi connectivity index (χ0) is 27.0. The molecule has 5 atom stereocenters. The summed E-state index contributed by atoms with van der Waals surface area (Å²) in [6.45, 7) is 3.96. The first-order valence-corrected chi connectivity index (χ1v) is 13.2. The van der Waals surface area contributed by atoms with Crippen molar-refractivity contribution in [2.45, 2.75) is 83.0 Å².